The molecule has 0 aliphatic carbocycles. The number of carbonyl (C=O) groups is 1. The van der Waals surface area contributed by atoms with Crippen LogP contribution >= 0.6 is 0 Å². The molecule has 0 fully saturated rings. The summed E-state index contributed by atoms with van der Waals surface area (Å²) in [7, 11) is 1.17. The quantitative estimate of drug-likeness (QED) is 0.494. The molecule has 0 saturated carbocycles. The Kier molecular flexibility index (Phi) is 3.86. The fourth-order valence-electron chi connectivity index (χ4n) is 2.65. The van der Waals surface area contributed by atoms with E-state index in [-0.39, 0.29) is 52.0 Å². The normalized spacial score (nSPS) is 11.1. The van der Waals surface area contributed by atoms with E-state index >= 15 is 0 Å². The standard InChI is InChI=1S/C17H14O7/c1-23-17(22)9-2-3-10(19)16-13(9)15(21)14-11(20)6-8(4-5-18)7-12(14)24-16/h2-3,6-7,18-20H,4-5H2,1H3. The molecule has 0 aliphatic rings. The van der Waals surface area contributed by atoms with Crippen molar-refractivity contribution in [1.82, 2.24) is 0 Å². The van der Waals surface area contributed by atoms with Crippen LogP contribution in [0.4, 0.5) is 0 Å². The van der Waals surface area contributed by atoms with E-state index in [0.717, 1.165) is 0 Å². The Morgan fingerprint density at radius 1 is 1.17 bits per heavy atom. The first kappa shape index (κ1) is 15.8. The first-order valence-corrected chi connectivity index (χ1v) is 7.11. The number of phenolic OH excluding ortho intramolecular Hbond substituents is 2. The Labute approximate surface area is 135 Å². The molecule has 0 unspecified atom stereocenters. The lowest BCUT2D eigenvalue weighted by molar-refractivity contribution is 0.0603. The third kappa shape index (κ3) is 2.35. The highest BCUT2D eigenvalue weighted by molar-refractivity contribution is 6.07. The highest BCUT2D eigenvalue weighted by Crippen LogP contribution is 2.32. The van der Waals surface area contributed by atoms with Crippen LogP contribution in [-0.4, -0.2) is 35.0 Å². The Morgan fingerprint density at radius 3 is 2.58 bits per heavy atom. The van der Waals surface area contributed by atoms with Gasteiger partial charge in [0, 0.05) is 6.61 Å². The van der Waals surface area contributed by atoms with Gasteiger partial charge in [-0.05, 0) is 36.2 Å². The van der Waals surface area contributed by atoms with E-state index in [4.69, 9.17) is 9.52 Å². The van der Waals surface area contributed by atoms with Crippen LogP contribution in [0.3, 0.4) is 0 Å². The lowest BCUT2D eigenvalue weighted by atomic mass is 10.0. The minimum Gasteiger partial charge on any atom is -0.507 e. The number of aromatic hydroxyl groups is 2. The summed E-state index contributed by atoms with van der Waals surface area (Å²) in [6.07, 6.45) is 0.263. The van der Waals surface area contributed by atoms with Crippen molar-refractivity contribution in [2.45, 2.75) is 6.42 Å². The van der Waals surface area contributed by atoms with Gasteiger partial charge in [-0.25, -0.2) is 4.79 Å². The number of rotatable bonds is 3. The summed E-state index contributed by atoms with van der Waals surface area (Å²) in [4.78, 5) is 24.7. The number of aliphatic hydroxyl groups excluding tert-OH is 1. The van der Waals surface area contributed by atoms with Crippen LogP contribution in [-0.2, 0) is 11.2 Å². The highest BCUT2D eigenvalue weighted by atomic mass is 16.5. The predicted molar refractivity (Wildman–Crippen MR) is 85.4 cm³/mol. The predicted octanol–water partition coefficient (Wildman–Crippen LogP) is 1.68. The van der Waals surface area contributed by atoms with Crippen molar-refractivity contribution in [2.24, 2.45) is 0 Å². The summed E-state index contributed by atoms with van der Waals surface area (Å²) < 4.78 is 10.2. The fourth-order valence-corrected chi connectivity index (χ4v) is 2.65. The van der Waals surface area contributed by atoms with Crippen molar-refractivity contribution in [3.8, 4) is 11.5 Å². The maximum Gasteiger partial charge on any atom is 0.338 e. The molecule has 0 spiro atoms. The minimum absolute atomic E-state index is 0.0493. The van der Waals surface area contributed by atoms with Crippen LogP contribution in [0.5, 0.6) is 11.5 Å². The number of phenols is 2. The average Bonchev–Trinajstić information content (AvgIpc) is 2.55. The molecule has 0 aliphatic heterocycles. The first-order valence-electron chi connectivity index (χ1n) is 7.11. The second kappa shape index (κ2) is 5.86. The molecule has 7 nitrogen and oxygen atoms in total. The number of methoxy groups -OCH3 is 1. The van der Waals surface area contributed by atoms with Crippen molar-refractivity contribution in [1.29, 1.82) is 0 Å². The number of benzene rings is 2. The van der Waals surface area contributed by atoms with Crippen LogP contribution in [0.25, 0.3) is 21.9 Å². The number of esters is 1. The van der Waals surface area contributed by atoms with Crippen molar-refractivity contribution >= 4 is 27.9 Å². The number of aliphatic hydroxyl groups is 1. The van der Waals surface area contributed by atoms with Gasteiger partial charge in [0.05, 0.1) is 18.1 Å². The van der Waals surface area contributed by atoms with Crippen molar-refractivity contribution in [2.75, 3.05) is 13.7 Å². The Balaban J connectivity index is 2.49. The summed E-state index contributed by atoms with van der Waals surface area (Å²) in [6, 6.07) is 5.32. The largest absolute Gasteiger partial charge is 0.507 e. The van der Waals surface area contributed by atoms with Crippen LogP contribution in [0.15, 0.2) is 33.5 Å². The van der Waals surface area contributed by atoms with Gasteiger partial charge < -0.3 is 24.5 Å². The number of ether oxygens (including phenoxy) is 1. The van der Waals surface area contributed by atoms with E-state index < -0.39 is 11.4 Å². The van der Waals surface area contributed by atoms with Crippen LogP contribution in [0.1, 0.15) is 15.9 Å². The highest BCUT2D eigenvalue weighted by Gasteiger charge is 2.21. The SMILES string of the molecule is COC(=O)c1ccc(O)c2oc3cc(CCO)cc(O)c3c(=O)c12. The molecule has 0 radical (unpaired) electrons. The number of fused-ring (bicyclic) bond motifs is 2. The van der Waals surface area contributed by atoms with Gasteiger partial charge in [0.15, 0.2) is 11.3 Å². The average molecular weight is 330 g/mol. The molecule has 1 aromatic heterocycles. The molecule has 3 aromatic rings. The molecule has 7 heteroatoms. The Hall–Kier alpha value is -3.06. The van der Waals surface area contributed by atoms with Crippen LogP contribution in [0, 0.1) is 0 Å². The van der Waals surface area contributed by atoms with Crippen molar-refractivity contribution in [3.63, 3.8) is 0 Å². The molecule has 0 amide bonds. The summed E-state index contributed by atoms with van der Waals surface area (Å²) in [5.41, 5.74) is -0.284. The molecule has 124 valence electrons. The third-order valence-corrected chi connectivity index (χ3v) is 3.75. The zero-order chi connectivity index (χ0) is 17.4. The van der Waals surface area contributed by atoms with E-state index in [1.807, 2.05) is 0 Å². The van der Waals surface area contributed by atoms with E-state index in [9.17, 15) is 19.8 Å². The fraction of sp³-hybridized carbons (Fsp3) is 0.176. The first-order chi connectivity index (χ1) is 11.5. The number of carbonyl (C=O) groups excluding carboxylic acids is 1. The molecular formula is C17H14O7. The minimum atomic E-state index is -0.761. The van der Waals surface area contributed by atoms with Crippen LogP contribution in [0.2, 0.25) is 0 Å². The van der Waals surface area contributed by atoms with E-state index in [1.54, 1.807) is 0 Å². The monoisotopic (exact) mass is 330 g/mol. The Morgan fingerprint density at radius 2 is 1.92 bits per heavy atom. The molecule has 2 aromatic carbocycles. The van der Waals surface area contributed by atoms with E-state index in [0.29, 0.717) is 5.56 Å². The summed E-state index contributed by atoms with van der Waals surface area (Å²) in [5.74, 6) is -1.41. The molecular weight excluding hydrogens is 316 g/mol. The zero-order valence-electron chi connectivity index (χ0n) is 12.7. The van der Waals surface area contributed by atoms with Gasteiger partial charge in [-0.2, -0.15) is 0 Å². The number of hydrogen-bond donors (Lipinski definition) is 3. The molecule has 1 heterocycles. The lowest BCUT2D eigenvalue weighted by Gasteiger charge is -2.09. The topological polar surface area (TPSA) is 117 Å². The zero-order valence-corrected chi connectivity index (χ0v) is 12.7. The Bertz CT molecular complexity index is 1020. The van der Waals surface area contributed by atoms with Gasteiger partial charge >= 0.3 is 5.97 Å². The maximum absolute atomic E-state index is 12.8. The van der Waals surface area contributed by atoms with E-state index in [1.165, 1.54) is 31.4 Å². The molecule has 0 bridgehead atoms. The van der Waals surface area contributed by atoms with Gasteiger partial charge in [0.25, 0.3) is 0 Å². The van der Waals surface area contributed by atoms with Gasteiger partial charge in [0.2, 0.25) is 5.43 Å². The van der Waals surface area contributed by atoms with Crippen molar-refractivity contribution < 1.29 is 29.3 Å². The molecule has 0 atom stereocenters. The molecule has 3 N–H and O–H groups in total. The molecule has 0 saturated heterocycles. The molecule has 24 heavy (non-hydrogen) atoms. The summed E-state index contributed by atoms with van der Waals surface area (Å²) in [6.45, 7) is -0.138. The van der Waals surface area contributed by atoms with Crippen LogP contribution < -0.4 is 5.43 Å². The molecule has 3 rings (SSSR count). The van der Waals surface area contributed by atoms with Gasteiger partial charge in [-0.1, -0.05) is 0 Å². The summed E-state index contributed by atoms with van der Waals surface area (Å²) in [5, 5.41) is 28.9. The summed E-state index contributed by atoms with van der Waals surface area (Å²) >= 11 is 0. The second-order valence-electron chi connectivity index (χ2n) is 5.22. The smallest absolute Gasteiger partial charge is 0.338 e. The lowest BCUT2D eigenvalue weighted by Crippen LogP contribution is -2.10. The van der Waals surface area contributed by atoms with Gasteiger partial charge in [0.1, 0.15) is 16.7 Å². The van der Waals surface area contributed by atoms with Gasteiger partial charge in [-0.15, -0.1) is 0 Å². The number of hydrogen-bond acceptors (Lipinski definition) is 7. The van der Waals surface area contributed by atoms with Gasteiger partial charge in [-0.3, -0.25) is 4.79 Å². The second-order valence-corrected chi connectivity index (χ2v) is 5.22. The maximum atomic E-state index is 12.8. The van der Waals surface area contributed by atoms with E-state index in [2.05, 4.69) is 4.74 Å². The van der Waals surface area contributed by atoms with Crippen molar-refractivity contribution in [3.05, 3.63) is 45.6 Å². The third-order valence-electron chi connectivity index (χ3n) is 3.75.